The number of rotatable bonds is 7. The number of carboxylic acid groups (broad SMARTS) is 1. The number of Topliss-reactive ketones (excluding diaryl/α,β-unsaturated/α-hetero) is 2. The number of nitrogens with one attached hydrogen (secondary N) is 1. The summed E-state index contributed by atoms with van der Waals surface area (Å²) < 4.78 is 0. The topological polar surface area (TPSA) is 83.5 Å². The number of carboxylic acids is 1. The maximum absolute atomic E-state index is 12.5. The van der Waals surface area contributed by atoms with Gasteiger partial charge >= 0.3 is 5.97 Å². The molecule has 0 heterocycles. The number of hydrogen-bond donors (Lipinski definition) is 2. The van der Waals surface area contributed by atoms with Crippen LogP contribution in [0.25, 0.3) is 6.08 Å². The summed E-state index contributed by atoms with van der Waals surface area (Å²) in [5.74, 6) is -1.23. The molecule has 0 unspecified atom stereocenters. The van der Waals surface area contributed by atoms with Crippen molar-refractivity contribution in [2.45, 2.75) is 25.7 Å². The summed E-state index contributed by atoms with van der Waals surface area (Å²) in [6, 6.07) is 12.4. The molecule has 0 radical (unpaired) electrons. The van der Waals surface area contributed by atoms with Crippen molar-refractivity contribution in [3.63, 3.8) is 0 Å². The third kappa shape index (κ3) is 4.14. The fraction of sp³-hybridized carbons (Fsp3) is 0.227. The monoisotopic (exact) mass is 363 g/mol. The lowest BCUT2D eigenvalue weighted by molar-refractivity contribution is -0.121. The largest absolute Gasteiger partial charge is 0.478 e. The molecular formula is C22H21NO4. The molecule has 2 aromatic rings. The Morgan fingerprint density at radius 3 is 2.52 bits per heavy atom. The van der Waals surface area contributed by atoms with Gasteiger partial charge in [-0.2, -0.15) is 0 Å². The van der Waals surface area contributed by atoms with Gasteiger partial charge in [0.15, 0.2) is 11.6 Å². The van der Waals surface area contributed by atoms with E-state index in [1.165, 1.54) is 0 Å². The first-order chi connectivity index (χ1) is 13.0. The zero-order valence-electron chi connectivity index (χ0n) is 15.1. The number of hydrogen-bond acceptors (Lipinski definition) is 4. The number of allylic oxidation sites excluding steroid dienone is 1. The Kier molecular flexibility index (Phi) is 5.50. The van der Waals surface area contributed by atoms with Gasteiger partial charge in [0.25, 0.3) is 0 Å². The molecule has 0 atom stereocenters. The standard InChI is InChI=1S/C22H21NO4/c1-23-19-6-3-5-16-12-18(21(25)13-17(16)19)20(24)7-2-4-14-8-10-15(11-9-14)22(26)27/h3,5-6,8-12,23H,2,4,7,13H2,1H3,(H,26,27). The Bertz CT molecular complexity index is 926. The Labute approximate surface area is 157 Å². The van der Waals surface area contributed by atoms with Crippen LogP contribution >= 0.6 is 0 Å². The molecule has 3 rings (SSSR count). The second-order valence-electron chi connectivity index (χ2n) is 6.56. The second kappa shape index (κ2) is 7.99. The van der Waals surface area contributed by atoms with E-state index < -0.39 is 5.97 Å². The number of fused-ring (bicyclic) bond motifs is 1. The second-order valence-corrected chi connectivity index (χ2v) is 6.56. The van der Waals surface area contributed by atoms with Crippen LogP contribution in [-0.4, -0.2) is 29.7 Å². The van der Waals surface area contributed by atoms with Crippen molar-refractivity contribution >= 4 is 29.3 Å². The van der Waals surface area contributed by atoms with E-state index in [-0.39, 0.29) is 29.1 Å². The van der Waals surface area contributed by atoms with Gasteiger partial charge in [-0.3, -0.25) is 9.59 Å². The maximum Gasteiger partial charge on any atom is 0.335 e. The first-order valence-electron chi connectivity index (χ1n) is 8.89. The quantitative estimate of drug-likeness (QED) is 0.735. The van der Waals surface area contributed by atoms with Crippen molar-refractivity contribution in [1.82, 2.24) is 0 Å². The smallest absolute Gasteiger partial charge is 0.335 e. The average molecular weight is 363 g/mol. The fourth-order valence-electron chi connectivity index (χ4n) is 3.30. The minimum Gasteiger partial charge on any atom is -0.478 e. The van der Waals surface area contributed by atoms with Crippen LogP contribution in [0.3, 0.4) is 0 Å². The van der Waals surface area contributed by atoms with Crippen LogP contribution in [0.15, 0.2) is 48.0 Å². The van der Waals surface area contributed by atoms with Gasteiger partial charge in [0, 0.05) is 25.6 Å². The molecule has 0 saturated carbocycles. The highest BCUT2D eigenvalue weighted by atomic mass is 16.4. The number of aromatic carboxylic acids is 1. The van der Waals surface area contributed by atoms with E-state index in [0.29, 0.717) is 19.3 Å². The molecule has 0 saturated heterocycles. The summed E-state index contributed by atoms with van der Waals surface area (Å²) in [4.78, 5) is 35.8. The average Bonchev–Trinajstić information content (AvgIpc) is 2.67. The lowest BCUT2D eigenvalue weighted by Gasteiger charge is -2.18. The minimum atomic E-state index is -0.957. The minimum absolute atomic E-state index is 0.136. The predicted octanol–water partition coefficient (Wildman–Crippen LogP) is 3.53. The third-order valence-corrected chi connectivity index (χ3v) is 4.79. The SMILES string of the molecule is CNc1cccc2c1CC(=O)C(C(=O)CCCc1ccc(C(=O)O)cc1)=C2. The van der Waals surface area contributed by atoms with Crippen LogP contribution < -0.4 is 5.32 Å². The normalized spacial score (nSPS) is 12.9. The van der Waals surface area contributed by atoms with Crippen molar-refractivity contribution < 1.29 is 19.5 Å². The fourth-order valence-corrected chi connectivity index (χ4v) is 3.30. The van der Waals surface area contributed by atoms with Crippen molar-refractivity contribution in [3.8, 4) is 0 Å². The molecule has 0 aliphatic heterocycles. The molecule has 0 bridgehead atoms. The van der Waals surface area contributed by atoms with Gasteiger partial charge < -0.3 is 10.4 Å². The Morgan fingerprint density at radius 1 is 1.11 bits per heavy atom. The van der Waals surface area contributed by atoms with Gasteiger partial charge in [0.1, 0.15) is 0 Å². The van der Waals surface area contributed by atoms with E-state index in [0.717, 1.165) is 22.4 Å². The highest BCUT2D eigenvalue weighted by Crippen LogP contribution is 2.28. The number of carbonyl (C=O) groups is 3. The number of benzene rings is 2. The van der Waals surface area contributed by atoms with Gasteiger partial charge in [0.05, 0.1) is 11.1 Å². The highest BCUT2D eigenvalue weighted by Gasteiger charge is 2.24. The molecule has 0 amide bonds. The van der Waals surface area contributed by atoms with Gasteiger partial charge in [-0.25, -0.2) is 4.79 Å². The summed E-state index contributed by atoms with van der Waals surface area (Å²) >= 11 is 0. The summed E-state index contributed by atoms with van der Waals surface area (Å²) in [5.41, 5.74) is 4.24. The molecule has 2 aromatic carbocycles. The van der Waals surface area contributed by atoms with Crippen LogP contribution in [0.5, 0.6) is 0 Å². The lowest BCUT2D eigenvalue weighted by Crippen LogP contribution is -2.20. The van der Waals surface area contributed by atoms with Crippen molar-refractivity contribution in [2.75, 3.05) is 12.4 Å². The van der Waals surface area contributed by atoms with E-state index in [9.17, 15) is 14.4 Å². The van der Waals surface area contributed by atoms with Crippen molar-refractivity contribution in [1.29, 1.82) is 0 Å². The molecule has 0 fully saturated rings. The zero-order valence-corrected chi connectivity index (χ0v) is 15.1. The van der Waals surface area contributed by atoms with Gasteiger partial charge in [-0.1, -0.05) is 24.3 Å². The van der Waals surface area contributed by atoms with Gasteiger partial charge in [-0.05, 0) is 53.8 Å². The van der Waals surface area contributed by atoms with E-state index in [1.807, 2.05) is 25.2 Å². The Balaban J connectivity index is 1.64. The Morgan fingerprint density at radius 2 is 1.85 bits per heavy atom. The molecule has 1 aliphatic rings. The molecule has 5 heteroatoms. The summed E-state index contributed by atoms with van der Waals surface area (Å²) in [6.45, 7) is 0. The molecule has 5 nitrogen and oxygen atoms in total. The number of aryl methyl sites for hydroxylation is 1. The lowest BCUT2D eigenvalue weighted by atomic mass is 9.87. The van der Waals surface area contributed by atoms with Crippen LogP contribution in [0, 0.1) is 0 Å². The van der Waals surface area contributed by atoms with E-state index >= 15 is 0 Å². The van der Waals surface area contributed by atoms with E-state index in [1.54, 1.807) is 30.3 Å². The van der Waals surface area contributed by atoms with Gasteiger partial charge in [0.2, 0.25) is 0 Å². The molecule has 138 valence electrons. The highest BCUT2D eigenvalue weighted by molar-refractivity contribution is 6.25. The predicted molar refractivity (Wildman–Crippen MR) is 104 cm³/mol. The van der Waals surface area contributed by atoms with E-state index in [4.69, 9.17) is 5.11 Å². The van der Waals surface area contributed by atoms with E-state index in [2.05, 4.69) is 5.32 Å². The number of anilines is 1. The molecule has 0 aromatic heterocycles. The molecule has 27 heavy (non-hydrogen) atoms. The van der Waals surface area contributed by atoms with Crippen LogP contribution in [0.4, 0.5) is 5.69 Å². The summed E-state index contributed by atoms with van der Waals surface area (Å²) in [5, 5.41) is 12.0. The maximum atomic E-state index is 12.5. The summed E-state index contributed by atoms with van der Waals surface area (Å²) in [7, 11) is 1.81. The van der Waals surface area contributed by atoms with Crippen molar-refractivity contribution in [2.24, 2.45) is 0 Å². The third-order valence-electron chi connectivity index (χ3n) is 4.79. The molecule has 1 aliphatic carbocycles. The van der Waals surface area contributed by atoms with Crippen LogP contribution in [-0.2, 0) is 22.4 Å². The first kappa shape index (κ1) is 18.6. The number of ketones is 2. The number of carbonyl (C=O) groups excluding carboxylic acids is 2. The Hall–Kier alpha value is -3.21. The molecular weight excluding hydrogens is 342 g/mol. The zero-order chi connectivity index (χ0) is 19.4. The first-order valence-corrected chi connectivity index (χ1v) is 8.89. The van der Waals surface area contributed by atoms with Gasteiger partial charge in [-0.15, -0.1) is 0 Å². The summed E-state index contributed by atoms with van der Waals surface area (Å²) in [6.07, 6.45) is 3.50. The van der Waals surface area contributed by atoms with Crippen molar-refractivity contribution in [3.05, 3.63) is 70.3 Å². The van der Waals surface area contributed by atoms with Crippen LogP contribution in [0.1, 0.15) is 39.9 Å². The molecule has 2 N–H and O–H groups in total. The van der Waals surface area contributed by atoms with Crippen LogP contribution in [0.2, 0.25) is 0 Å². The molecule has 0 spiro atoms.